The first kappa shape index (κ1) is 15.7. The second-order valence-electron chi connectivity index (χ2n) is 4.43. The van der Waals surface area contributed by atoms with Gasteiger partial charge in [0, 0.05) is 0 Å². The Morgan fingerprint density at radius 1 is 1.00 bits per heavy atom. The minimum atomic E-state index is -1.07. The highest BCUT2D eigenvalue weighted by molar-refractivity contribution is 6.52. The third-order valence-electron chi connectivity index (χ3n) is 2.94. The Labute approximate surface area is 103 Å². The summed E-state index contributed by atoms with van der Waals surface area (Å²) in [4.78, 5) is 0. The third-order valence-corrected chi connectivity index (χ3v) is 6.15. The molecule has 0 fully saturated rings. The van der Waals surface area contributed by atoms with Crippen molar-refractivity contribution >= 4 is 9.04 Å². The molecule has 0 rings (SSSR count). The maximum absolute atomic E-state index is 6.36. The first-order chi connectivity index (χ1) is 7.67. The molecule has 94 valence electrons. The highest BCUT2D eigenvalue weighted by atomic mass is 28.3. The molecule has 0 bridgehead atoms. The molecule has 0 aliphatic carbocycles. The van der Waals surface area contributed by atoms with E-state index in [1.807, 2.05) is 12.2 Å². The van der Waals surface area contributed by atoms with Gasteiger partial charge in [0.15, 0.2) is 9.04 Å². The molecule has 0 spiro atoms. The summed E-state index contributed by atoms with van der Waals surface area (Å²) >= 11 is 0. The predicted octanol–water partition coefficient (Wildman–Crippen LogP) is 4.46. The molecule has 0 unspecified atom stereocenters. The Balaban J connectivity index is 4.53. The van der Waals surface area contributed by atoms with Gasteiger partial charge in [-0.2, -0.15) is 0 Å². The molecule has 0 aromatic carbocycles. The van der Waals surface area contributed by atoms with Gasteiger partial charge in [-0.15, -0.1) is 0 Å². The number of rotatable bonds is 10. The van der Waals surface area contributed by atoms with Gasteiger partial charge in [0.05, 0.1) is 5.60 Å². The summed E-state index contributed by atoms with van der Waals surface area (Å²) in [5, 5.41) is 0. The van der Waals surface area contributed by atoms with Crippen LogP contribution in [0.4, 0.5) is 0 Å². The van der Waals surface area contributed by atoms with Gasteiger partial charge in [-0.1, -0.05) is 65.3 Å². The molecule has 2 heteroatoms. The zero-order chi connectivity index (χ0) is 12.4. The lowest BCUT2D eigenvalue weighted by Gasteiger charge is -2.32. The fourth-order valence-corrected chi connectivity index (χ4v) is 4.79. The molecule has 0 aliphatic rings. The standard InChI is InChI=1S/C14H28OSi/c1-6-11-14(9-4,10-5)15-16(12-7-2)13-8-3/h9-10,16H,4-8,11-13H2,1-3H3. The van der Waals surface area contributed by atoms with Gasteiger partial charge in [-0.05, 0) is 18.5 Å². The third kappa shape index (κ3) is 5.13. The van der Waals surface area contributed by atoms with E-state index in [9.17, 15) is 0 Å². The zero-order valence-corrected chi connectivity index (χ0v) is 12.5. The SMILES string of the molecule is C=CC(C=C)(CCC)O[SiH](CCC)CCC. The zero-order valence-electron chi connectivity index (χ0n) is 11.3. The van der Waals surface area contributed by atoms with Crippen LogP contribution in [0.2, 0.25) is 12.1 Å². The highest BCUT2D eigenvalue weighted by Crippen LogP contribution is 2.25. The van der Waals surface area contributed by atoms with Crippen LogP contribution in [0, 0.1) is 0 Å². The van der Waals surface area contributed by atoms with E-state index in [1.165, 1.54) is 24.9 Å². The van der Waals surface area contributed by atoms with Crippen molar-refractivity contribution in [1.29, 1.82) is 0 Å². The minimum absolute atomic E-state index is 0.254. The summed E-state index contributed by atoms with van der Waals surface area (Å²) in [5.41, 5.74) is -0.254. The molecule has 0 saturated heterocycles. The van der Waals surface area contributed by atoms with Crippen LogP contribution in [0.15, 0.2) is 25.3 Å². The largest absolute Gasteiger partial charge is 0.408 e. The molecule has 0 saturated carbocycles. The maximum Gasteiger partial charge on any atom is 0.178 e. The van der Waals surface area contributed by atoms with Crippen molar-refractivity contribution in [1.82, 2.24) is 0 Å². The minimum Gasteiger partial charge on any atom is -0.408 e. The highest BCUT2D eigenvalue weighted by Gasteiger charge is 2.26. The fourth-order valence-electron chi connectivity index (χ4n) is 2.05. The van der Waals surface area contributed by atoms with Gasteiger partial charge in [0.25, 0.3) is 0 Å². The van der Waals surface area contributed by atoms with Crippen LogP contribution < -0.4 is 0 Å². The van der Waals surface area contributed by atoms with E-state index < -0.39 is 9.04 Å². The molecule has 0 heterocycles. The molecule has 1 nitrogen and oxygen atoms in total. The molecule has 16 heavy (non-hydrogen) atoms. The Morgan fingerprint density at radius 3 is 1.81 bits per heavy atom. The topological polar surface area (TPSA) is 9.23 Å². The molecule has 0 N–H and O–H groups in total. The summed E-state index contributed by atoms with van der Waals surface area (Å²) in [5.74, 6) is 0. The van der Waals surface area contributed by atoms with Crippen LogP contribution in [-0.2, 0) is 4.43 Å². The van der Waals surface area contributed by atoms with E-state index in [-0.39, 0.29) is 5.60 Å². The molecule has 0 amide bonds. The first-order valence-electron chi connectivity index (χ1n) is 6.63. The molecule has 0 aromatic heterocycles. The van der Waals surface area contributed by atoms with E-state index in [4.69, 9.17) is 4.43 Å². The second kappa shape index (κ2) is 8.77. The van der Waals surface area contributed by atoms with E-state index >= 15 is 0 Å². The van der Waals surface area contributed by atoms with Crippen LogP contribution in [0.5, 0.6) is 0 Å². The van der Waals surface area contributed by atoms with Gasteiger partial charge in [-0.3, -0.25) is 0 Å². The summed E-state index contributed by atoms with van der Waals surface area (Å²) in [6.07, 6.45) is 8.46. The van der Waals surface area contributed by atoms with Crippen molar-refractivity contribution in [3.63, 3.8) is 0 Å². The van der Waals surface area contributed by atoms with Gasteiger partial charge in [-0.25, -0.2) is 0 Å². The maximum atomic E-state index is 6.36. The van der Waals surface area contributed by atoms with Gasteiger partial charge < -0.3 is 4.43 Å². The van der Waals surface area contributed by atoms with Crippen molar-refractivity contribution in [3.8, 4) is 0 Å². The van der Waals surface area contributed by atoms with Crippen molar-refractivity contribution < 1.29 is 4.43 Å². The van der Waals surface area contributed by atoms with E-state index in [2.05, 4.69) is 33.9 Å². The van der Waals surface area contributed by atoms with Crippen LogP contribution in [-0.4, -0.2) is 14.6 Å². The Bertz CT molecular complexity index is 187. The molecule has 0 aliphatic heterocycles. The van der Waals surface area contributed by atoms with Crippen molar-refractivity contribution in [2.45, 2.75) is 64.1 Å². The molecular weight excluding hydrogens is 212 g/mol. The van der Waals surface area contributed by atoms with E-state index in [1.54, 1.807) is 0 Å². The lowest BCUT2D eigenvalue weighted by molar-refractivity contribution is 0.157. The molecule has 0 radical (unpaired) electrons. The average Bonchev–Trinajstić information content (AvgIpc) is 2.29. The summed E-state index contributed by atoms with van der Waals surface area (Å²) in [6, 6.07) is 2.53. The van der Waals surface area contributed by atoms with Crippen LogP contribution in [0.3, 0.4) is 0 Å². The fraction of sp³-hybridized carbons (Fsp3) is 0.714. The predicted molar refractivity (Wildman–Crippen MR) is 76.5 cm³/mol. The lowest BCUT2D eigenvalue weighted by Crippen LogP contribution is -2.35. The number of hydrogen-bond acceptors (Lipinski definition) is 1. The summed E-state index contributed by atoms with van der Waals surface area (Å²) in [7, 11) is -1.07. The Morgan fingerprint density at radius 2 is 1.50 bits per heavy atom. The van der Waals surface area contributed by atoms with E-state index in [0.29, 0.717) is 0 Å². The van der Waals surface area contributed by atoms with Crippen LogP contribution >= 0.6 is 0 Å². The number of hydrogen-bond donors (Lipinski definition) is 0. The van der Waals surface area contributed by atoms with Crippen molar-refractivity contribution in [2.75, 3.05) is 0 Å². The monoisotopic (exact) mass is 240 g/mol. The summed E-state index contributed by atoms with van der Waals surface area (Å²) in [6.45, 7) is 14.5. The molecule has 0 aromatic rings. The van der Waals surface area contributed by atoms with Gasteiger partial charge in [0.2, 0.25) is 0 Å². The lowest BCUT2D eigenvalue weighted by atomic mass is 9.99. The average molecular weight is 240 g/mol. The Hall–Kier alpha value is -0.343. The normalized spacial score (nSPS) is 11.8. The molecule has 0 atom stereocenters. The van der Waals surface area contributed by atoms with Crippen molar-refractivity contribution in [2.24, 2.45) is 0 Å². The van der Waals surface area contributed by atoms with Crippen molar-refractivity contribution in [3.05, 3.63) is 25.3 Å². The first-order valence-corrected chi connectivity index (χ1v) is 8.73. The van der Waals surface area contributed by atoms with Crippen LogP contribution in [0.1, 0.15) is 46.5 Å². The second-order valence-corrected chi connectivity index (χ2v) is 7.06. The quantitative estimate of drug-likeness (QED) is 0.405. The smallest absolute Gasteiger partial charge is 0.178 e. The molecular formula is C14H28OSi. The van der Waals surface area contributed by atoms with Gasteiger partial charge in [0.1, 0.15) is 0 Å². The van der Waals surface area contributed by atoms with Gasteiger partial charge >= 0.3 is 0 Å². The van der Waals surface area contributed by atoms with E-state index in [0.717, 1.165) is 12.8 Å². The van der Waals surface area contributed by atoms with Crippen LogP contribution in [0.25, 0.3) is 0 Å². The summed E-state index contributed by atoms with van der Waals surface area (Å²) < 4.78 is 6.36. The Kier molecular flexibility index (Phi) is 8.58.